The monoisotopic (exact) mass is 542 g/mol. The van der Waals surface area contributed by atoms with E-state index in [0.29, 0.717) is 22.6 Å². The Labute approximate surface area is 226 Å². The topological polar surface area (TPSA) is 86.7 Å². The largest absolute Gasteiger partial charge is 0.423 e. The van der Waals surface area contributed by atoms with Crippen LogP contribution < -0.4 is 9.47 Å². The molecular formula is C30H16Cl2O6. The fourth-order valence-electron chi connectivity index (χ4n) is 3.92. The molecule has 0 spiro atoms. The van der Waals surface area contributed by atoms with Gasteiger partial charge in [0.25, 0.3) is 10.5 Å². The van der Waals surface area contributed by atoms with Crippen LogP contribution in [0.3, 0.4) is 0 Å². The third kappa shape index (κ3) is 5.42. The summed E-state index contributed by atoms with van der Waals surface area (Å²) in [6.45, 7) is 0. The van der Waals surface area contributed by atoms with Crippen LogP contribution in [0.5, 0.6) is 11.5 Å². The first kappa shape index (κ1) is 25.1. The van der Waals surface area contributed by atoms with E-state index in [0.717, 1.165) is 21.5 Å². The number of fused-ring (bicyclic) bond motifs is 2. The highest BCUT2D eigenvalue weighted by Crippen LogP contribution is 2.25. The summed E-state index contributed by atoms with van der Waals surface area (Å²) in [5.41, 5.74) is 1.07. The lowest BCUT2D eigenvalue weighted by molar-refractivity contribution is 0.0734. The van der Waals surface area contributed by atoms with E-state index in [1.54, 1.807) is 78.9 Å². The SMILES string of the molecule is O=C(Cl)c1ccc2cc(OC(=O)c3cccc(C(=O)Oc4ccc5cc(C(=O)Cl)ccc5c4)c3)ccc2c1. The molecule has 0 aliphatic rings. The Hall–Kier alpha value is -4.52. The van der Waals surface area contributed by atoms with Crippen LogP contribution in [-0.2, 0) is 0 Å². The van der Waals surface area contributed by atoms with Gasteiger partial charge in [0.2, 0.25) is 0 Å². The van der Waals surface area contributed by atoms with E-state index in [4.69, 9.17) is 32.7 Å². The van der Waals surface area contributed by atoms with Crippen LogP contribution in [-0.4, -0.2) is 22.4 Å². The van der Waals surface area contributed by atoms with E-state index in [1.165, 1.54) is 18.2 Å². The van der Waals surface area contributed by atoms with Crippen LogP contribution >= 0.6 is 23.2 Å². The second-order valence-electron chi connectivity index (χ2n) is 8.35. The predicted octanol–water partition coefficient (Wildman–Crippen LogP) is 7.19. The zero-order chi connectivity index (χ0) is 26.8. The minimum absolute atomic E-state index is 0.166. The van der Waals surface area contributed by atoms with Crippen molar-refractivity contribution in [1.29, 1.82) is 0 Å². The normalized spacial score (nSPS) is 10.8. The molecule has 0 heterocycles. The van der Waals surface area contributed by atoms with Gasteiger partial charge in [0.15, 0.2) is 0 Å². The van der Waals surface area contributed by atoms with Crippen molar-refractivity contribution in [3.63, 3.8) is 0 Å². The summed E-state index contributed by atoms with van der Waals surface area (Å²) in [6.07, 6.45) is 0. The van der Waals surface area contributed by atoms with Crippen LogP contribution in [0.4, 0.5) is 0 Å². The molecule has 186 valence electrons. The molecule has 0 bridgehead atoms. The molecule has 8 heteroatoms. The average molecular weight is 543 g/mol. The molecule has 0 saturated heterocycles. The lowest BCUT2D eigenvalue weighted by Crippen LogP contribution is -2.12. The minimum atomic E-state index is -0.651. The van der Waals surface area contributed by atoms with Crippen LogP contribution in [0.2, 0.25) is 0 Å². The average Bonchev–Trinajstić information content (AvgIpc) is 2.92. The first-order valence-electron chi connectivity index (χ1n) is 11.3. The first-order chi connectivity index (χ1) is 18.3. The summed E-state index contributed by atoms with van der Waals surface area (Å²) >= 11 is 11.1. The summed E-state index contributed by atoms with van der Waals surface area (Å²) in [4.78, 5) is 48.3. The molecule has 5 aromatic rings. The number of hydrogen-bond donors (Lipinski definition) is 0. The molecule has 0 aliphatic heterocycles. The first-order valence-corrected chi connectivity index (χ1v) is 12.0. The van der Waals surface area contributed by atoms with Crippen molar-refractivity contribution < 1.29 is 28.7 Å². The number of rotatable bonds is 6. The van der Waals surface area contributed by atoms with Gasteiger partial charge in [-0.3, -0.25) is 9.59 Å². The van der Waals surface area contributed by atoms with Gasteiger partial charge in [0.1, 0.15) is 11.5 Å². The second kappa shape index (κ2) is 10.5. The van der Waals surface area contributed by atoms with Crippen molar-refractivity contribution in [1.82, 2.24) is 0 Å². The Morgan fingerprint density at radius 2 is 0.842 bits per heavy atom. The highest BCUT2D eigenvalue weighted by atomic mass is 35.5. The lowest BCUT2D eigenvalue weighted by atomic mass is 10.1. The van der Waals surface area contributed by atoms with Gasteiger partial charge in [-0.15, -0.1) is 0 Å². The molecule has 0 aliphatic carbocycles. The van der Waals surface area contributed by atoms with Gasteiger partial charge in [-0.25, -0.2) is 9.59 Å². The Morgan fingerprint density at radius 1 is 0.447 bits per heavy atom. The van der Waals surface area contributed by atoms with E-state index < -0.39 is 22.4 Å². The Kier molecular flexibility index (Phi) is 6.92. The lowest BCUT2D eigenvalue weighted by Gasteiger charge is -2.09. The third-order valence-electron chi connectivity index (χ3n) is 5.83. The van der Waals surface area contributed by atoms with Crippen molar-refractivity contribution in [2.75, 3.05) is 0 Å². The number of halogens is 2. The van der Waals surface area contributed by atoms with E-state index in [1.807, 2.05) is 0 Å². The maximum atomic E-state index is 12.8. The van der Waals surface area contributed by atoms with E-state index in [9.17, 15) is 19.2 Å². The van der Waals surface area contributed by atoms with Gasteiger partial charge in [0, 0.05) is 11.1 Å². The summed E-state index contributed by atoms with van der Waals surface area (Å²) in [7, 11) is 0. The van der Waals surface area contributed by atoms with Gasteiger partial charge in [-0.2, -0.15) is 0 Å². The maximum Gasteiger partial charge on any atom is 0.343 e. The number of ether oxygens (including phenoxy) is 2. The molecular weight excluding hydrogens is 527 g/mol. The van der Waals surface area contributed by atoms with Gasteiger partial charge in [-0.1, -0.05) is 30.3 Å². The van der Waals surface area contributed by atoms with Gasteiger partial charge in [-0.05, 0) is 111 Å². The second-order valence-corrected chi connectivity index (χ2v) is 9.04. The van der Waals surface area contributed by atoms with Crippen LogP contribution in [0.15, 0.2) is 97.1 Å². The molecule has 0 atom stereocenters. The molecule has 5 rings (SSSR count). The molecule has 0 unspecified atom stereocenters. The summed E-state index contributed by atoms with van der Waals surface area (Å²) in [5.74, 6) is -0.699. The molecule has 0 radical (unpaired) electrons. The number of hydrogen-bond acceptors (Lipinski definition) is 6. The standard InChI is InChI=1S/C30H16Cl2O6/c31-27(33)21-6-4-19-15-25(10-8-17(19)12-21)37-29(35)23-2-1-3-24(14-23)30(36)38-26-11-9-18-13-22(28(32)34)7-5-20(18)16-26/h1-16H. The van der Waals surface area contributed by atoms with Crippen molar-refractivity contribution in [3.05, 3.63) is 119 Å². The highest BCUT2D eigenvalue weighted by Gasteiger charge is 2.15. The van der Waals surface area contributed by atoms with Crippen LogP contribution in [0.1, 0.15) is 41.4 Å². The predicted molar refractivity (Wildman–Crippen MR) is 145 cm³/mol. The molecule has 5 aromatic carbocycles. The number of carbonyl (C=O) groups is 4. The third-order valence-corrected chi connectivity index (χ3v) is 6.27. The Balaban J connectivity index is 1.30. The summed E-state index contributed by atoms with van der Waals surface area (Å²) in [6, 6.07) is 25.9. The number of benzene rings is 5. The van der Waals surface area contributed by atoms with Crippen molar-refractivity contribution in [2.24, 2.45) is 0 Å². The smallest absolute Gasteiger partial charge is 0.343 e. The number of esters is 2. The summed E-state index contributed by atoms with van der Waals surface area (Å²) in [5, 5.41) is 1.94. The van der Waals surface area contributed by atoms with Crippen molar-refractivity contribution >= 4 is 67.2 Å². The molecule has 38 heavy (non-hydrogen) atoms. The van der Waals surface area contributed by atoms with Gasteiger partial charge in [0.05, 0.1) is 11.1 Å². The van der Waals surface area contributed by atoms with Crippen LogP contribution in [0.25, 0.3) is 21.5 Å². The molecule has 6 nitrogen and oxygen atoms in total. The summed E-state index contributed by atoms with van der Waals surface area (Å²) < 4.78 is 11.0. The van der Waals surface area contributed by atoms with Crippen molar-refractivity contribution in [2.45, 2.75) is 0 Å². The van der Waals surface area contributed by atoms with Gasteiger partial charge >= 0.3 is 11.9 Å². The zero-order valence-electron chi connectivity index (χ0n) is 19.4. The Morgan fingerprint density at radius 3 is 1.26 bits per heavy atom. The highest BCUT2D eigenvalue weighted by molar-refractivity contribution is 6.68. The van der Waals surface area contributed by atoms with E-state index in [2.05, 4.69) is 0 Å². The maximum absolute atomic E-state index is 12.8. The fraction of sp³-hybridized carbons (Fsp3) is 0. The molecule has 0 fully saturated rings. The molecule has 0 N–H and O–H groups in total. The fourth-order valence-corrected chi connectivity index (χ4v) is 4.16. The molecule has 0 amide bonds. The Bertz CT molecular complexity index is 1650. The van der Waals surface area contributed by atoms with Crippen LogP contribution in [0, 0.1) is 0 Å². The van der Waals surface area contributed by atoms with E-state index >= 15 is 0 Å². The quantitative estimate of drug-likeness (QED) is 0.128. The van der Waals surface area contributed by atoms with E-state index in [-0.39, 0.29) is 11.1 Å². The number of carbonyl (C=O) groups excluding carboxylic acids is 4. The molecule has 0 saturated carbocycles. The van der Waals surface area contributed by atoms with Crippen molar-refractivity contribution in [3.8, 4) is 11.5 Å². The zero-order valence-corrected chi connectivity index (χ0v) is 21.0. The van der Waals surface area contributed by atoms with Gasteiger partial charge < -0.3 is 9.47 Å². The minimum Gasteiger partial charge on any atom is -0.423 e. The molecule has 0 aromatic heterocycles.